The van der Waals surface area contributed by atoms with Gasteiger partial charge in [0, 0.05) is 12.1 Å². The number of hydrogen-bond acceptors (Lipinski definition) is 7. The van der Waals surface area contributed by atoms with Crippen molar-refractivity contribution in [3.05, 3.63) is 29.3 Å². The molecule has 134 valence electrons. The monoisotopic (exact) mass is 348 g/mol. The zero-order chi connectivity index (χ0) is 18.6. The maximum atomic E-state index is 12.6. The molecule has 0 saturated carbocycles. The third-order valence-corrected chi connectivity index (χ3v) is 3.74. The van der Waals surface area contributed by atoms with Crippen LogP contribution in [-0.4, -0.2) is 47.9 Å². The van der Waals surface area contributed by atoms with Gasteiger partial charge in [-0.25, -0.2) is 4.79 Å². The van der Waals surface area contributed by atoms with Crippen LogP contribution < -0.4 is 5.73 Å². The van der Waals surface area contributed by atoms with Crippen LogP contribution in [0.15, 0.2) is 18.2 Å². The Hall–Kier alpha value is -2.90. The first kappa shape index (κ1) is 18.4. The van der Waals surface area contributed by atoms with E-state index in [-0.39, 0.29) is 37.2 Å². The lowest BCUT2D eigenvalue weighted by molar-refractivity contribution is -0.149. The van der Waals surface area contributed by atoms with Crippen LogP contribution in [-0.2, 0) is 19.1 Å². The lowest BCUT2D eigenvalue weighted by atomic mass is 10.1. The Balaban J connectivity index is 2.28. The summed E-state index contributed by atoms with van der Waals surface area (Å²) in [6.07, 6.45) is -0.189. The van der Waals surface area contributed by atoms with Gasteiger partial charge in [0.15, 0.2) is 0 Å². The first-order valence-electron chi connectivity index (χ1n) is 8.00. The molecule has 0 radical (unpaired) electrons. The number of amides is 2. The van der Waals surface area contributed by atoms with Crippen LogP contribution in [0.5, 0.6) is 0 Å². The van der Waals surface area contributed by atoms with Crippen molar-refractivity contribution in [3.8, 4) is 0 Å². The van der Waals surface area contributed by atoms with E-state index < -0.39 is 29.8 Å². The van der Waals surface area contributed by atoms with Crippen LogP contribution in [0.4, 0.5) is 5.69 Å². The summed E-state index contributed by atoms with van der Waals surface area (Å²) in [6, 6.07) is 3.14. The fraction of sp³-hybridized carbons (Fsp3) is 0.412. The highest BCUT2D eigenvalue weighted by atomic mass is 16.5. The Kier molecular flexibility index (Phi) is 5.74. The van der Waals surface area contributed by atoms with Crippen LogP contribution in [0.3, 0.4) is 0 Å². The van der Waals surface area contributed by atoms with E-state index in [4.69, 9.17) is 15.2 Å². The molecule has 0 aliphatic carbocycles. The van der Waals surface area contributed by atoms with Crippen LogP contribution in [0, 0.1) is 0 Å². The molecule has 8 heteroatoms. The number of hydrogen-bond donors (Lipinski definition) is 1. The van der Waals surface area contributed by atoms with Crippen molar-refractivity contribution in [1.82, 2.24) is 4.90 Å². The molecule has 1 atom stereocenters. The predicted octanol–water partition coefficient (Wildman–Crippen LogP) is 1.14. The minimum absolute atomic E-state index is 0.0708. The topological polar surface area (TPSA) is 116 Å². The van der Waals surface area contributed by atoms with Gasteiger partial charge in [0.05, 0.1) is 24.3 Å². The van der Waals surface area contributed by atoms with Gasteiger partial charge < -0.3 is 15.2 Å². The highest BCUT2D eigenvalue weighted by molar-refractivity contribution is 6.23. The number of ether oxygens (including phenoxy) is 2. The van der Waals surface area contributed by atoms with Gasteiger partial charge in [-0.15, -0.1) is 0 Å². The number of fused-ring (bicyclic) bond motifs is 1. The molecule has 0 spiro atoms. The fourth-order valence-electron chi connectivity index (χ4n) is 2.64. The Labute approximate surface area is 144 Å². The highest BCUT2D eigenvalue weighted by Gasteiger charge is 2.43. The summed E-state index contributed by atoms with van der Waals surface area (Å²) in [4.78, 5) is 49.9. The van der Waals surface area contributed by atoms with E-state index in [1.54, 1.807) is 13.8 Å². The van der Waals surface area contributed by atoms with Crippen molar-refractivity contribution in [2.24, 2.45) is 0 Å². The maximum Gasteiger partial charge on any atom is 0.329 e. The minimum Gasteiger partial charge on any atom is -0.466 e. The molecular formula is C17H20N2O6. The fourth-order valence-corrected chi connectivity index (χ4v) is 2.64. The average molecular weight is 348 g/mol. The zero-order valence-electron chi connectivity index (χ0n) is 14.1. The number of nitrogens with zero attached hydrogens (tertiary/aromatic N) is 1. The Morgan fingerprint density at radius 3 is 2.36 bits per heavy atom. The summed E-state index contributed by atoms with van der Waals surface area (Å²) in [5.41, 5.74) is 6.30. The molecule has 0 saturated heterocycles. The van der Waals surface area contributed by atoms with Gasteiger partial charge in [0.1, 0.15) is 6.04 Å². The molecule has 2 rings (SSSR count). The quantitative estimate of drug-likeness (QED) is 0.446. The van der Waals surface area contributed by atoms with Crippen LogP contribution >= 0.6 is 0 Å². The summed E-state index contributed by atoms with van der Waals surface area (Å²) < 4.78 is 9.80. The maximum absolute atomic E-state index is 12.6. The number of imide groups is 1. The average Bonchev–Trinajstić information content (AvgIpc) is 2.80. The third-order valence-electron chi connectivity index (χ3n) is 3.74. The largest absolute Gasteiger partial charge is 0.466 e. The number of carbonyl (C=O) groups is 4. The number of esters is 2. The molecule has 0 bridgehead atoms. The molecular weight excluding hydrogens is 328 g/mol. The summed E-state index contributed by atoms with van der Waals surface area (Å²) in [6.45, 7) is 3.57. The number of nitrogens with two attached hydrogens (primary N) is 1. The standard InChI is InChI=1S/C17H20N2O6/c1-3-24-14(20)8-7-13(17(23)25-4-2)19-15(21)11-6-5-10(18)9-12(11)16(19)22/h5-6,9,13H,3-4,7-8,18H2,1-2H3. The van der Waals surface area contributed by atoms with E-state index >= 15 is 0 Å². The van der Waals surface area contributed by atoms with E-state index in [9.17, 15) is 19.2 Å². The smallest absolute Gasteiger partial charge is 0.329 e. The number of benzene rings is 1. The zero-order valence-corrected chi connectivity index (χ0v) is 14.1. The summed E-state index contributed by atoms with van der Waals surface area (Å²) in [5, 5.41) is 0. The van der Waals surface area contributed by atoms with Crippen molar-refractivity contribution in [2.45, 2.75) is 32.7 Å². The minimum atomic E-state index is -1.20. The second-order valence-corrected chi connectivity index (χ2v) is 5.40. The van der Waals surface area contributed by atoms with E-state index in [0.29, 0.717) is 5.69 Å². The molecule has 1 aromatic carbocycles. The van der Waals surface area contributed by atoms with Crippen molar-refractivity contribution >= 4 is 29.4 Å². The van der Waals surface area contributed by atoms with Crippen LogP contribution in [0.2, 0.25) is 0 Å². The number of anilines is 1. The van der Waals surface area contributed by atoms with Gasteiger partial charge >= 0.3 is 11.9 Å². The van der Waals surface area contributed by atoms with Crippen molar-refractivity contribution in [1.29, 1.82) is 0 Å². The summed E-state index contributed by atoms with van der Waals surface area (Å²) in [7, 11) is 0. The second-order valence-electron chi connectivity index (χ2n) is 5.40. The van der Waals surface area contributed by atoms with Crippen molar-refractivity contribution in [3.63, 3.8) is 0 Å². The Bertz CT molecular complexity index is 715. The van der Waals surface area contributed by atoms with Gasteiger partial charge in [-0.2, -0.15) is 0 Å². The molecule has 25 heavy (non-hydrogen) atoms. The van der Waals surface area contributed by atoms with E-state index in [0.717, 1.165) is 4.90 Å². The van der Waals surface area contributed by atoms with Crippen LogP contribution in [0.25, 0.3) is 0 Å². The van der Waals surface area contributed by atoms with E-state index in [1.165, 1.54) is 18.2 Å². The summed E-state index contributed by atoms with van der Waals surface area (Å²) in [5.74, 6) is -2.50. The first-order chi connectivity index (χ1) is 11.9. The molecule has 0 aromatic heterocycles. The Morgan fingerprint density at radius 2 is 1.72 bits per heavy atom. The Morgan fingerprint density at radius 1 is 1.08 bits per heavy atom. The second kappa shape index (κ2) is 7.78. The number of nitrogen functional groups attached to an aromatic ring is 1. The molecule has 8 nitrogen and oxygen atoms in total. The van der Waals surface area contributed by atoms with Crippen LogP contribution in [0.1, 0.15) is 47.4 Å². The number of carbonyl (C=O) groups excluding carboxylic acids is 4. The van der Waals surface area contributed by atoms with E-state index in [1.807, 2.05) is 0 Å². The molecule has 0 fully saturated rings. The highest BCUT2D eigenvalue weighted by Crippen LogP contribution is 2.28. The van der Waals surface area contributed by atoms with Gasteiger partial charge in [0.25, 0.3) is 11.8 Å². The molecule has 1 unspecified atom stereocenters. The van der Waals surface area contributed by atoms with Gasteiger partial charge in [0.2, 0.25) is 0 Å². The molecule has 1 heterocycles. The lowest BCUT2D eigenvalue weighted by Crippen LogP contribution is -2.46. The SMILES string of the molecule is CCOC(=O)CCC(C(=O)OCC)N1C(=O)c2ccc(N)cc2C1=O. The molecule has 2 amide bonds. The molecule has 1 aliphatic rings. The number of rotatable bonds is 7. The van der Waals surface area contributed by atoms with Crippen molar-refractivity contribution < 1.29 is 28.7 Å². The van der Waals surface area contributed by atoms with Gasteiger partial charge in [-0.3, -0.25) is 19.3 Å². The first-order valence-corrected chi connectivity index (χ1v) is 8.00. The lowest BCUT2D eigenvalue weighted by Gasteiger charge is -2.24. The molecule has 1 aromatic rings. The van der Waals surface area contributed by atoms with Gasteiger partial charge in [-0.05, 0) is 38.5 Å². The van der Waals surface area contributed by atoms with Gasteiger partial charge in [-0.1, -0.05) is 0 Å². The third kappa shape index (κ3) is 3.78. The predicted molar refractivity (Wildman–Crippen MR) is 87.6 cm³/mol. The molecule has 1 aliphatic heterocycles. The van der Waals surface area contributed by atoms with E-state index in [2.05, 4.69) is 0 Å². The summed E-state index contributed by atoms with van der Waals surface area (Å²) >= 11 is 0. The molecule has 2 N–H and O–H groups in total. The normalized spacial score (nSPS) is 14.2. The van der Waals surface area contributed by atoms with Crippen molar-refractivity contribution in [2.75, 3.05) is 18.9 Å².